The summed E-state index contributed by atoms with van der Waals surface area (Å²) in [6.07, 6.45) is 7.29. The molecule has 1 atom stereocenters. The van der Waals surface area contributed by atoms with Gasteiger partial charge in [0, 0.05) is 19.4 Å². The van der Waals surface area contributed by atoms with E-state index in [1.54, 1.807) is 24.2 Å². The molecule has 6 heteroatoms. The van der Waals surface area contributed by atoms with Crippen LogP contribution in [0, 0.1) is 0 Å². The normalized spacial score (nSPS) is 12.1. The molecule has 2 aromatic heterocycles. The number of hydrogen-bond acceptors (Lipinski definition) is 5. The van der Waals surface area contributed by atoms with Gasteiger partial charge in [0.25, 0.3) is 0 Å². The second-order valence-corrected chi connectivity index (χ2v) is 6.34. The number of imidazole rings is 1. The van der Waals surface area contributed by atoms with Gasteiger partial charge in [-0.3, -0.25) is 4.98 Å². The van der Waals surface area contributed by atoms with Gasteiger partial charge in [-0.15, -0.1) is 11.8 Å². The SMILES string of the molecule is CCSc1cncc(N[C@H](c2ccccc2)c2nccn2C)n1. The minimum Gasteiger partial charge on any atom is -0.355 e. The minimum atomic E-state index is -0.0765. The maximum absolute atomic E-state index is 4.62. The molecular weight excluding hydrogens is 306 g/mol. The molecule has 0 bridgehead atoms. The van der Waals surface area contributed by atoms with Crippen molar-refractivity contribution in [3.05, 3.63) is 66.5 Å². The molecule has 118 valence electrons. The largest absolute Gasteiger partial charge is 0.355 e. The monoisotopic (exact) mass is 325 g/mol. The smallest absolute Gasteiger partial charge is 0.146 e. The van der Waals surface area contributed by atoms with Crippen molar-refractivity contribution in [3.8, 4) is 0 Å². The highest BCUT2D eigenvalue weighted by Gasteiger charge is 2.18. The van der Waals surface area contributed by atoms with Crippen molar-refractivity contribution in [1.29, 1.82) is 0 Å². The number of nitrogens with zero attached hydrogens (tertiary/aromatic N) is 4. The minimum absolute atomic E-state index is 0.0765. The third-order valence-electron chi connectivity index (χ3n) is 3.45. The highest BCUT2D eigenvalue weighted by atomic mass is 32.2. The van der Waals surface area contributed by atoms with E-state index in [-0.39, 0.29) is 6.04 Å². The van der Waals surface area contributed by atoms with Gasteiger partial charge in [0.1, 0.15) is 22.7 Å². The van der Waals surface area contributed by atoms with Crippen LogP contribution in [0.2, 0.25) is 0 Å². The first kappa shape index (κ1) is 15.6. The lowest BCUT2D eigenvalue weighted by Crippen LogP contribution is -2.17. The maximum atomic E-state index is 4.62. The molecule has 0 aliphatic carbocycles. The Morgan fingerprint density at radius 1 is 1.22 bits per heavy atom. The summed E-state index contributed by atoms with van der Waals surface area (Å²) in [5.74, 6) is 2.66. The van der Waals surface area contributed by atoms with Crippen molar-refractivity contribution in [2.24, 2.45) is 7.05 Å². The van der Waals surface area contributed by atoms with E-state index < -0.39 is 0 Å². The van der Waals surface area contributed by atoms with Crippen molar-refractivity contribution >= 4 is 17.6 Å². The van der Waals surface area contributed by atoms with Crippen molar-refractivity contribution < 1.29 is 0 Å². The van der Waals surface area contributed by atoms with Gasteiger partial charge >= 0.3 is 0 Å². The van der Waals surface area contributed by atoms with E-state index in [0.29, 0.717) is 0 Å². The Bertz CT molecular complexity index is 756. The summed E-state index contributed by atoms with van der Waals surface area (Å²) in [4.78, 5) is 13.4. The van der Waals surface area contributed by atoms with Crippen LogP contribution in [0.25, 0.3) is 0 Å². The number of nitrogens with one attached hydrogen (secondary N) is 1. The summed E-state index contributed by atoms with van der Waals surface area (Å²) in [5.41, 5.74) is 1.14. The lowest BCUT2D eigenvalue weighted by Gasteiger charge is -2.19. The first-order chi connectivity index (χ1) is 11.3. The van der Waals surface area contributed by atoms with Crippen molar-refractivity contribution in [2.45, 2.75) is 18.0 Å². The quantitative estimate of drug-likeness (QED) is 0.703. The fourth-order valence-electron chi connectivity index (χ4n) is 2.38. The highest BCUT2D eigenvalue weighted by Crippen LogP contribution is 2.25. The summed E-state index contributed by atoms with van der Waals surface area (Å²) < 4.78 is 2.02. The molecule has 0 saturated heterocycles. The van der Waals surface area contributed by atoms with E-state index in [0.717, 1.165) is 28.0 Å². The highest BCUT2D eigenvalue weighted by molar-refractivity contribution is 7.99. The Kier molecular flexibility index (Phi) is 4.92. The van der Waals surface area contributed by atoms with Crippen molar-refractivity contribution in [2.75, 3.05) is 11.1 Å². The van der Waals surface area contributed by atoms with E-state index in [4.69, 9.17) is 0 Å². The molecule has 0 fully saturated rings. The number of aryl methyl sites for hydroxylation is 1. The fourth-order valence-corrected chi connectivity index (χ4v) is 2.97. The summed E-state index contributed by atoms with van der Waals surface area (Å²) in [5, 5.41) is 4.39. The Hall–Kier alpha value is -2.34. The van der Waals surface area contributed by atoms with Crippen LogP contribution in [-0.4, -0.2) is 25.3 Å². The van der Waals surface area contributed by atoms with Crippen LogP contribution in [0.4, 0.5) is 5.82 Å². The van der Waals surface area contributed by atoms with Crippen LogP contribution in [0.3, 0.4) is 0 Å². The van der Waals surface area contributed by atoms with Gasteiger partial charge in [-0.05, 0) is 11.3 Å². The predicted molar refractivity (Wildman–Crippen MR) is 93.5 cm³/mol. The second kappa shape index (κ2) is 7.28. The number of anilines is 1. The van der Waals surface area contributed by atoms with Crippen LogP contribution in [-0.2, 0) is 7.05 Å². The molecular formula is C17H19N5S. The molecule has 23 heavy (non-hydrogen) atoms. The molecule has 2 heterocycles. The number of aromatic nitrogens is 4. The number of hydrogen-bond donors (Lipinski definition) is 1. The van der Waals surface area contributed by atoms with Crippen LogP contribution >= 0.6 is 11.8 Å². The lowest BCUT2D eigenvalue weighted by molar-refractivity contribution is 0.743. The van der Waals surface area contributed by atoms with Gasteiger partial charge in [-0.1, -0.05) is 37.3 Å². The Morgan fingerprint density at radius 2 is 2.04 bits per heavy atom. The van der Waals surface area contributed by atoms with Gasteiger partial charge in [-0.2, -0.15) is 0 Å². The zero-order valence-electron chi connectivity index (χ0n) is 13.2. The average Bonchev–Trinajstić information content (AvgIpc) is 3.00. The third kappa shape index (κ3) is 3.71. The molecule has 0 unspecified atom stereocenters. The van der Waals surface area contributed by atoms with Crippen LogP contribution in [0.5, 0.6) is 0 Å². The van der Waals surface area contributed by atoms with E-state index in [1.807, 2.05) is 42.2 Å². The summed E-state index contributed by atoms with van der Waals surface area (Å²) in [6, 6.07) is 10.2. The Balaban J connectivity index is 1.94. The molecule has 5 nitrogen and oxygen atoms in total. The zero-order chi connectivity index (χ0) is 16.1. The molecule has 3 aromatic rings. The zero-order valence-corrected chi connectivity index (χ0v) is 14.0. The second-order valence-electron chi connectivity index (χ2n) is 5.06. The van der Waals surface area contributed by atoms with E-state index in [1.165, 1.54) is 0 Å². The lowest BCUT2D eigenvalue weighted by atomic mass is 10.1. The molecule has 3 rings (SSSR count). The molecule has 0 amide bonds. The van der Waals surface area contributed by atoms with Crippen LogP contribution in [0.15, 0.2) is 60.1 Å². The number of thioether (sulfide) groups is 1. The predicted octanol–water partition coefficient (Wildman–Crippen LogP) is 3.52. The van der Waals surface area contributed by atoms with Gasteiger partial charge in [0.15, 0.2) is 0 Å². The molecule has 0 spiro atoms. The van der Waals surface area contributed by atoms with Crippen LogP contribution in [0.1, 0.15) is 24.4 Å². The van der Waals surface area contributed by atoms with Crippen molar-refractivity contribution in [1.82, 2.24) is 19.5 Å². The topological polar surface area (TPSA) is 55.6 Å². The standard InChI is InChI=1S/C17H19N5S/c1-3-23-15-12-18-11-14(20-15)21-16(13-7-5-4-6-8-13)17-19-9-10-22(17)2/h4-12,16H,3H2,1-2H3,(H,20,21)/t16-/m1/s1. The molecule has 1 aromatic carbocycles. The summed E-state index contributed by atoms with van der Waals surface area (Å²) in [6.45, 7) is 2.10. The van der Waals surface area contributed by atoms with Crippen molar-refractivity contribution in [3.63, 3.8) is 0 Å². The van der Waals surface area contributed by atoms with Gasteiger partial charge < -0.3 is 9.88 Å². The van der Waals surface area contributed by atoms with Gasteiger partial charge in [0.05, 0.1) is 12.4 Å². The molecule has 0 aliphatic rings. The van der Waals surface area contributed by atoms with Gasteiger partial charge in [-0.25, -0.2) is 9.97 Å². The van der Waals surface area contributed by atoms with E-state index in [9.17, 15) is 0 Å². The Labute approximate surface area is 140 Å². The number of rotatable bonds is 6. The molecule has 0 aliphatic heterocycles. The average molecular weight is 325 g/mol. The first-order valence-corrected chi connectivity index (χ1v) is 8.50. The Morgan fingerprint density at radius 3 is 2.74 bits per heavy atom. The van der Waals surface area contributed by atoms with E-state index >= 15 is 0 Å². The third-order valence-corrected chi connectivity index (χ3v) is 4.23. The fraction of sp³-hybridized carbons (Fsp3) is 0.235. The van der Waals surface area contributed by atoms with Crippen LogP contribution < -0.4 is 5.32 Å². The molecule has 0 saturated carbocycles. The molecule has 1 N–H and O–H groups in total. The number of benzene rings is 1. The van der Waals surface area contributed by atoms with Gasteiger partial charge in [0.2, 0.25) is 0 Å². The summed E-state index contributed by atoms with van der Waals surface area (Å²) >= 11 is 1.68. The van der Waals surface area contributed by atoms with E-state index in [2.05, 4.69) is 39.3 Å². The first-order valence-electron chi connectivity index (χ1n) is 7.51. The molecule has 0 radical (unpaired) electrons. The maximum Gasteiger partial charge on any atom is 0.146 e. The summed E-state index contributed by atoms with van der Waals surface area (Å²) in [7, 11) is 2.00.